The number of imidazole rings is 1. The molecule has 0 bridgehead atoms. The first-order valence-electron chi connectivity index (χ1n) is 5.04. The van der Waals surface area contributed by atoms with Gasteiger partial charge in [-0.3, -0.25) is 0 Å². The van der Waals surface area contributed by atoms with E-state index in [-0.39, 0.29) is 0 Å². The van der Waals surface area contributed by atoms with Gasteiger partial charge in [0.1, 0.15) is 0 Å². The highest BCUT2D eigenvalue weighted by Crippen LogP contribution is 2.01. The monoisotopic (exact) mass is 202 g/mol. The van der Waals surface area contributed by atoms with E-state index in [9.17, 15) is 0 Å². The van der Waals surface area contributed by atoms with Gasteiger partial charge in [-0.1, -0.05) is 30.3 Å². The summed E-state index contributed by atoms with van der Waals surface area (Å²) in [4.78, 5) is 6.92. The number of aromatic amines is 1. The van der Waals surface area contributed by atoms with Gasteiger partial charge in [0.05, 0.1) is 31.4 Å². The molecule has 78 valence electrons. The van der Waals surface area contributed by atoms with Gasteiger partial charge in [0, 0.05) is 0 Å². The van der Waals surface area contributed by atoms with Crippen molar-refractivity contribution in [3.8, 4) is 0 Å². The van der Waals surface area contributed by atoms with Crippen LogP contribution in [-0.2, 0) is 17.8 Å². The molecule has 3 heteroatoms. The smallest absolute Gasteiger partial charge is 0.0922 e. The van der Waals surface area contributed by atoms with Crippen molar-refractivity contribution in [3.63, 3.8) is 0 Å². The number of hydrogen-bond acceptors (Lipinski definition) is 2. The van der Waals surface area contributed by atoms with Crippen LogP contribution in [0.2, 0.25) is 0 Å². The van der Waals surface area contributed by atoms with Gasteiger partial charge in [0.15, 0.2) is 0 Å². The molecule has 2 aromatic rings. The van der Waals surface area contributed by atoms with Crippen LogP contribution in [0, 0.1) is 0 Å². The molecule has 1 aromatic heterocycles. The average molecular weight is 202 g/mol. The fourth-order valence-corrected chi connectivity index (χ4v) is 1.38. The van der Waals surface area contributed by atoms with Crippen molar-refractivity contribution in [2.75, 3.05) is 6.61 Å². The van der Waals surface area contributed by atoms with Crippen molar-refractivity contribution in [3.05, 3.63) is 54.1 Å². The number of aromatic nitrogens is 2. The molecule has 2 rings (SSSR count). The molecule has 1 heterocycles. The quantitative estimate of drug-likeness (QED) is 0.754. The fourth-order valence-electron chi connectivity index (χ4n) is 1.38. The van der Waals surface area contributed by atoms with Crippen LogP contribution in [0.1, 0.15) is 11.3 Å². The molecule has 0 aliphatic rings. The molecule has 15 heavy (non-hydrogen) atoms. The third-order valence-electron chi connectivity index (χ3n) is 2.19. The van der Waals surface area contributed by atoms with E-state index in [1.807, 2.05) is 18.2 Å². The van der Waals surface area contributed by atoms with Crippen LogP contribution in [0.25, 0.3) is 0 Å². The van der Waals surface area contributed by atoms with Gasteiger partial charge in [0.25, 0.3) is 0 Å². The highest BCUT2D eigenvalue weighted by atomic mass is 16.5. The zero-order valence-electron chi connectivity index (χ0n) is 8.52. The highest BCUT2D eigenvalue weighted by molar-refractivity contribution is 5.14. The molecule has 0 saturated carbocycles. The number of ether oxygens (including phenoxy) is 1. The third-order valence-corrected chi connectivity index (χ3v) is 2.19. The predicted octanol–water partition coefficient (Wildman–Crippen LogP) is 2.17. The van der Waals surface area contributed by atoms with Gasteiger partial charge in [-0.15, -0.1) is 0 Å². The van der Waals surface area contributed by atoms with Crippen molar-refractivity contribution >= 4 is 0 Å². The Balaban J connectivity index is 1.68. The van der Waals surface area contributed by atoms with Gasteiger partial charge in [-0.2, -0.15) is 0 Å². The molecular formula is C12H14N2O. The Morgan fingerprint density at radius 1 is 1.20 bits per heavy atom. The number of rotatable bonds is 5. The van der Waals surface area contributed by atoms with Crippen molar-refractivity contribution in [2.24, 2.45) is 0 Å². The molecular weight excluding hydrogens is 188 g/mol. The zero-order valence-corrected chi connectivity index (χ0v) is 8.52. The first kappa shape index (κ1) is 9.93. The van der Waals surface area contributed by atoms with Gasteiger partial charge in [0.2, 0.25) is 0 Å². The first-order chi connectivity index (χ1) is 7.45. The van der Waals surface area contributed by atoms with E-state index in [4.69, 9.17) is 4.74 Å². The Morgan fingerprint density at radius 3 is 2.80 bits per heavy atom. The summed E-state index contributed by atoms with van der Waals surface area (Å²) in [5.41, 5.74) is 2.32. The number of benzene rings is 1. The second kappa shape index (κ2) is 5.32. The van der Waals surface area contributed by atoms with E-state index in [0.717, 1.165) is 18.7 Å². The summed E-state index contributed by atoms with van der Waals surface area (Å²) in [6.45, 7) is 1.34. The molecule has 1 aromatic carbocycles. The Hall–Kier alpha value is -1.61. The molecule has 0 aliphatic carbocycles. The van der Waals surface area contributed by atoms with Crippen LogP contribution in [0.15, 0.2) is 42.9 Å². The predicted molar refractivity (Wildman–Crippen MR) is 58.4 cm³/mol. The van der Waals surface area contributed by atoms with E-state index < -0.39 is 0 Å². The van der Waals surface area contributed by atoms with Crippen LogP contribution in [0.5, 0.6) is 0 Å². The standard InChI is InChI=1S/C12H14N2O/c1-2-4-11(5-3-1)6-7-15-9-12-8-13-10-14-12/h1-5,8,10H,6-7,9H2,(H,13,14). The SMILES string of the molecule is c1ccc(CCOCc2cnc[nH]2)cc1. The largest absolute Gasteiger partial charge is 0.375 e. The zero-order chi connectivity index (χ0) is 10.3. The fraction of sp³-hybridized carbons (Fsp3) is 0.250. The maximum absolute atomic E-state index is 5.51. The number of nitrogens with one attached hydrogen (secondary N) is 1. The van der Waals surface area contributed by atoms with Crippen LogP contribution in [0.4, 0.5) is 0 Å². The van der Waals surface area contributed by atoms with Gasteiger partial charge >= 0.3 is 0 Å². The lowest BCUT2D eigenvalue weighted by Gasteiger charge is -2.02. The van der Waals surface area contributed by atoms with Gasteiger partial charge in [-0.25, -0.2) is 4.98 Å². The third kappa shape index (κ3) is 3.22. The molecule has 0 fully saturated rings. The van der Waals surface area contributed by atoms with E-state index in [0.29, 0.717) is 6.61 Å². The van der Waals surface area contributed by atoms with Crippen molar-refractivity contribution < 1.29 is 4.74 Å². The summed E-state index contributed by atoms with van der Waals surface area (Å²) in [6, 6.07) is 10.3. The van der Waals surface area contributed by atoms with Crippen LogP contribution < -0.4 is 0 Å². The summed E-state index contributed by atoms with van der Waals surface area (Å²) in [7, 11) is 0. The minimum Gasteiger partial charge on any atom is -0.375 e. The average Bonchev–Trinajstić information content (AvgIpc) is 2.79. The molecule has 0 spiro atoms. The lowest BCUT2D eigenvalue weighted by Crippen LogP contribution is -1.99. The van der Waals surface area contributed by atoms with E-state index in [1.165, 1.54) is 5.56 Å². The Kier molecular flexibility index (Phi) is 3.52. The maximum Gasteiger partial charge on any atom is 0.0922 e. The molecule has 0 unspecified atom stereocenters. The molecule has 0 saturated heterocycles. The molecule has 3 nitrogen and oxygen atoms in total. The molecule has 0 radical (unpaired) electrons. The summed E-state index contributed by atoms with van der Waals surface area (Å²) in [5, 5.41) is 0. The lowest BCUT2D eigenvalue weighted by atomic mass is 10.2. The van der Waals surface area contributed by atoms with Crippen LogP contribution in [0.3, 0.4) is 0 Å². The highest BCUT2D eigenvalue weighted by Gasteiger charge is 1.94. The Labute approximate surface area is 89.1 Å². The second-order valence-corrected chi connectivity index (χ2v) is 3.37. The molecule has 0 atom stereocenters. The first-order valence-corrected chi connectivity index (χ1v) is 5.04. The minimum atomic E-state index is 0.604. The maximum atomic E-state index is 5.51. The number of hydrogen-bond donors (Lipinski definition) is 1. The lowest BCUT2D eigenvalue weighted by molar-refractivity contribution is 0.121. The molecule has 1 N–H and O–H groups in total. The minimum absolute atomic E-state index is 0.604. The summed E-state index contributed by atoms with van der Waals surface area (Å²) in [6.07, 6.45) is 4.40. The van der Waals surface area contributed by atoms with E-state index >= 15 is 0 Å². The number of nitrogens with zero attached hydrogens (tertiary/aromatic N) is 1. The molecule has 0 amide bonds. The van der Waals surface area contributed by atoms with Crippen LogP contribution in [-0.4, -0.2) is 16.6 Å². The van der Waals surface area contributed by atoms with Crippen molar-refractivity contribution in [1.29, 1.82) is 0 Å². The summed E-state index contributed by atoms with van der Waals surface area (Å²) in [5.74, 6) is 0. The van der Waals surface area contributed by atoms with Crippen LogP contribution >= 0.6 is 0 Å². The van der Waals surface area contributed by atoms with Crippen molar-refractivity contribution in [2.45, 2.75) is 13.0 Å². The topological polar surface area (TPSA) is 37.9 Å². The van der Waals surface area contributed by atoms with Gasteiger partial charge < -0.3 is 9.72 Å². The van der Waals surface area contributed by atoms with Crippen molar-refractivity contribution in [1.82, 2.24) is 9.97 Å². The summed E-state index contributed by atoms with van der Waals surface area (Å²) < 4.78 is 5.51. The second-order valence-electron chi connectivity index (χ2n) is 3.37. The summed E-state index contributed by atoms with van der Waals surface area (Å²) >= 11 is 0. The van der Waals surface area contributed by atoms with Gasteiger partial charge in [-0.05, 0) is 12.0 Å². The number of H-pyrrole nitrogens is 1. The van der Waals surface area contributed by atoms with E-state index in [1.54, 1.807) is 12.5 Å². The Morgan fingerprint density at radius 2 is 2.07 bits per heavy atom. The normalized spacial score (nSPS) is 10.4. The Bertz CT molecular complexity index is 370. The van der Waals surface area contributed by atoms with E-state index in [2.05, 4.69) is 22.1 Å². The molecule has 0 aliphatic heterocycles.